The number of methoxy groups -OCH3 is 1. The highest BCUT2D eigenvalue weighted by molar-refractivity contribution is 5.69. The van der Waals surface area contributed by atoms with Crippen molar-refractivity contribution in [1.82, 2.24) is 4.57 Å². The number of hydrogen-bond acceptors (Lipinski definition) is 3. The van der Waals surface area contributed by atoms with Crippen molar-refractivity contribution in [2.24, 2.45) is 0 Å². The van der Waals surface area contributed by atoms with Crippen LogP contribution in [0.4, 0.5) is 18.9 Å². The lowest BCUT2D eigenvalue weighted by atomic mass is 10.0. The van der Waals surface area contributed by atoms with Crippen LogP contribution in [0.25, 0.3) is 6.08 Å². The molecule has 0 fully saturated rings. The number of nitrogens with one attached hydrogen (secondary N) is 1. The molecule has 0 unspecified atom stereocenters. The van der Waals surface area contributed by atoms with Crippen LogP contribution in [0.2, 0.25) is 0 Å². The molecule has 2 rings (SSSR count). The highest BCUT2D eigenvalue weighted by Gasteiger charge is 2.31. The maximum Gasteiger partial charge on any atom is 0.573 e. The average Bonchev–Trinajstić information content (AvgIpc) is 2.89. The molecule has 7 heteroatoms. The zero-order chi connectivity index (χ0) is 20.9. The van der Waals surface area contributed by atoms with Gasteiger partial charge in [0.05, 0.1) is 18.5 Å². The normalized spacial score (nSPS) is 12.2. The fourth-order valence-electron chi connectivity index (χ4n) is 3.27. The van der Waals surface area contributed by atoms with E-state index < -0.39 is 6.36 Å². The Morgan fingerprint density at radius 1 is 1.29 bits per heavy atom. The predicted molar refractivity (Wildman–Crippen MR) is 106 cm³/mol. The van der Waals surface area contributed by atoms with E-state index in [1.165, 1.54) is 24.8 Å². The van der Waals surface area contributed by atoms with Gasteiger partial charge < -0.3 is 19.4 Å². The Labute approximate surface area is 164 Å². The predicted octanol–water partition coefficient (Wildman–Crippen LogP) is 5.80. The topological polar surface area (TPSA) is 35.4 Å². The number of hydrogen-bond donors (Lipinski definition) is 1. The van der Waals surface area contributed by atoms with E-state index in [0.717, 1.165) is 35.5 Å². The van der Waals surface area contributed by atoms with E-state index in [-0.39, 0.29) is 5.75 Å². The van der Waals surface area contributed by atoms with E-state index in [9.17, 15) is 13.2 Å². The molecule has 0 spiro atoms. The molecular weight excluding hydrogens is 369 g/mol. The second-order valence-corrected chi connectivity index (χ2v) is 6.70. The van der Waals surface area contributed by atoms with Gasteiger partial charge >= 0.3 is 6.36 Å². The quantitative estimate of drug-likeness (QED) is 0.612. The molecule has 1 heterocycles. The van der Waals surface area contributed by atoms with Gasteiger partial charge in [-0.3, -0.25) is 0 Å². The van der Waals surface area contributed by atoms with Crippen LogP contribution >= 0.6 is 0 Å². The number of ether oxygens (including phenoxy) is 2. The van der Waals surface area contributed by atoms with Crippen LogP contribution in [0.5, 0.6) is 11.5 Å². The van der Waals surface area contributed by atoms with Gasteiger partial charge in [-0.25, -0.2) is 0 Å². The summed E-state index contributed by atoms with van der Waals surface area (Å²) in [7, 11) is 3.33. The molecule has 0 aliphatic heterocycles. The van der Waals surface area contributed by atoms with Crippen LogP contribution in [0.15, 0.2) is 30.0 Å². The van der Waals surface area contributed by atoms with Gasteiger partial charge in [-0.15, -0.1) is 13.2 Å². The summed E-state index contributed by atoms with van der Waals surface area (Å²) in [6, 6.07) is 4.17. The molecule has 0 bridgehead atoms. The fraction of sp³-hybridized carbons (Fsp3) is 0.429. The van der Waals surface area contributed by atoms with E-state index in [1.807, 2.05) is 14.0 Å². The average molecular weight is 396 g/mol. The SMILES string of the molecule is CCCn1cc(C)c(NC)c1/C=C(/C)Cc1ccc(OC(F)(F)F)cc1OC. The first-order chi connectivity index (χ1) is 13.2. The summed E-state index contributed by atoms with van der Waals surface area (Å²) in [5, 5.41) is 3.25. The summed E-state index contributed by atoms with van der Waals surface area (Å²) in [4.78, 5) is 0. The van der Waals surface area contributed by atoms with Gasteiger partial charge in [-0.2, -0.15) is 0 Å². The van der Waals surface area contributed by atoms with Crippen LogP contribution in [-0.2, 0) is 13.0 Å². The van der Waals surface area contributed by atoms with E-state index >= 15 is 0 Å². The first-order valence-corrected chi connectivity index (χ1v) is 9.15. The van der Waals surface area contributed by atoms with E-state index in [4.69, 9.17) is 4.74 Å². The molecular formula is C21H27F3N2O2. The first-order valence-electron chi connectivity index (χ1n) is 9.15. The molecule has 1 aromatic heterocycles. The molecule has 0 aliphatic rings. The summed E-state index contributed by atoms with van der Waals surface area (Å²) >= 11 is 0. The van der Waals surface area contributed by atoms with Crippen molar-refractivity contribution in [2.45, 2.75) is 46.5 Å². The number of benzene rings is 1. The summed E-state index contributed by atoms with van der Waals surface area (Å²) in [6.07, 6.45) is 1.07. The maximum absolute atomic E-state index is 12.4. The Morgan fingerprint density at radius 2 is 2.00 bits per heavy atom. The van der Waals surface area contributed by atoms with Crippen molar-refractivity contribution < 1.29 is 22.6 Å². The van der Waals surface area contributed by atoms with Gasteiger partial charge in [0.1, 0.15) is 11.5 Å². The largest absolute Gasteiger partial charge is 0.573 e. The van der Waals surface area contributed by atoms with Crippen molar-refractivity contribution in [3.8, 4) is 11.5 Å². The van der Waals surface area contributed by atoms with Gasteiger partial charge in [-0.1, -0.05) is 18.6 Å². The number of halogens is 3. The highest BCUT2D eigenvalue weighted by Crippen LogP contribution is 2.31. The molecule has 28 heavy (non-hydrogen) atoms. The zero-order valence-electron chi connectivity index (χ0n) is 16.9. The van der Waals surface area contributed by atoms with Crippen LogP contribution in [0.3, 0.4) is 0 Å². The van der Waals surface area contributed by atoms with Crippen LogP contribution in [-0.4, -0.2) is 25.1 Å². The summed E-state index contributed by atoms with van der Waals surface area (Å²) < 4.78 is 48.7. The summed E-state index contributed by atoms with van der Waals surface area (Å²) in [6.45, 7) is 7.10. The fourth-order valence-corrected chi connectivity index (χ4v) is 3.27. The van der Waals surface area contributed by atoms with Crippen molar-refractivity contribution in [2.75, 3.05) is 19.5 Å². The number of aromatic nitrogens is 1. The molecule has 2 aromatic rings. The third-order valence-electron chi connectivity index (χ3n) is 4.37. The Bertz CT molecular complexity index is 839. The maximum atomic E-state index is 12.4. The summed E-state index contributed by atoms with van der Waals surface area (Å²) in [5.41, 5.74) is 5.20. The highest BCUT2D eigenvalue weighted by atomic mass is 19.4. The minimum Gasteiger partial charge on any atom is -0.496 e. The second kappa shape index (κ2) is 9.08. The van der Waals surface area contributed by atoms with Gasteiger partial charge in [0, 0.05) is 25.9 Å². The van der Waals surface area contributed by atoms with E-state index in [1.54, 1.807) is 6.07 Å². The van der Waals surface area contributed by atoms with Crippen molar-refractivity contribution in [3.05, 3.63) is 46.8 Å². The lowest BCUT2D eigenvalue weighted by Gasteiger charge is -2.14. The molecule has 4 nitrogen and oxygen atoms in total. The molecule has 0 atom stereocenters. The van der Waals surface area contributed by atoms with Crippen LogP contribution in [0, 0.1) is 6.92 Å². The molecule has 0 saturated heterocycles. The van der Waals surface area contributed by atoms with Crippen molar-refractivity contribution in [3.63, 3.8) is 0 Å². The van der Waals surface area contributed by atoms with Crippen molar-refractivity contribution in [1.29, 1.82) is 0 Å². The van der Waals surface area contributed by atoms with Crippen LogP contribution in [0.1, 0.15) is 37.1 Å². The van der Waals surface area contributed by atoms with Crippen LogP contribution < -0.4 is 14.8 Å². The monoisotopic (exact) mass is 396 g/mol. The van der Waals surface area contributed by atoms with Crippen molar-refractivity contribution >= 4 is 11.8 Å². The molecule has 0 radical (unpaired) electrons. The number of aryl methyl sites for hydroxylation is 2. The third kappa shape index (κ3) is 5.47. The first kappa shape index (κ1) is 21.7. The Kier molecular flexibility index (Phi) is 7.05. The standard InChI is InChI=1S/C21H27F3N2O2/c1-6-9-26-13-15(3)20(25-4)18(26)11-14(2)10-16-7-8-17(12-19(16)27-5)28-21(22,23)24/h7-8,11-13,25H,6,9-10H2,1-5H3/b14-11-. The Balaban J connectivity index is 2.31. The molecule has 1 N–H and O–H groups in total. The Morgan fingerprint density at radius 3 is 2.57 bits per heavy atom. The number of nitrogens with zero attached hydrogens (tertiary/aromatic N) is 1. The second-order valence-electron chi connectivity index (χ2n) is 6.70. The lowest BCUT2D eigenvalue weighted by Crippen LogP contribution is -2.17. The summed E-state index contributed by atoms with van der Waals surface area (Å²) in [5.74, 6) is 0.0723. The number of rotatable bonds is 8. The van der Waals surface area contributed by atoms with E-state index in [2.05, 4.69) is 40.7 Å². The molecule has 0 aliphatic carbocycles. The smallest absolute Gasteiger partial charge is 0.496 e. The minimum absolute atomic E-state index is 0.292. The molecule has 1 aromatic carbocycles. The number of anilines is 1. The van der Waals surface area contributed by atoms with E-state index in [0.29, 0.717) is 12.2 Å². The Hall–Kier alpha value is -2.57. The number of alkyl halides is 3. The zero-order valence-corrected chi connectivity index (χ0v) is 16.9. The number of allylic oxidation sites excluding steroid dienone is 1. The molecule has 0 saturated carbocycles. The van der Waals surface area contributed by atoms with Gasteiger partial charge in [0.25, 0.3) is 0 Å². The molecule has 0 amide bonds. The van der Waals surface area contributed by atoms with Gasteiger partial charge in [0.15, 0.2) is 0 Å². The van der Waals surface area contributed by atoms with Gasteiger partial charge in [-0.05, 0) is 50.0 Å². The minimum atomic E-state index is -4.73. The third-order valence-corrected chi connectivity index (χ3v) is 4.37. The molecule has 154 valence electrons. The van der Waals surface area contributed by atoms with Gasteiger partial charge in [0.2, 0.25) is 0 Å². The lowest BCUT2D eigenvalue weighted by molar-refractivity contribution is -0.274.